The van der Waals surface area contributed by atoms with Crippen molar-refractivity contribution in [2.45, 2.75) is 11.4 Å². The second-order valence-corrected chi connectivity index (χ2v) is 10.2. The minimum atomic E-state index is -3.82. The van der Waals surface area contributed by atoms with Gasteiger partial charge < -0.3 is 9.47 Å². The lowest BCUT2D eigenvalue weighted by molar-refractivity contribution is 0.602. The molecule has 0 atom stereocenters. The molecule has 0 amide bonds. The molecule has 0 radical (unpaired) electrons. The predicted molar refractivity (Wildman–Crippen MR) is 146 cm³/mol. The molecule has 0 aliphatic carbocycles. The number of hydrogen-bond donors (Lipinski definition) is 2. The van der Waals surface area contributed by atoms with E-state index >= 15 is 0 Å². The van der Waals surface area contributed by atoms with E-state index in [0.29, 0.717) is 16.4 Å². The van der Waals surface area contributed by atoms with Gasteiger partial charge in [-0.05, 0) is 42.0 Å². The summed E-state index contributed by atoms with van der Waals surface area (Å²) < 4.78 is 31.1. The standard InChI is InChI=1S/C27H27N7O2S/c1-33(2)25-8-4-7-24-23(25)6-5-9-26(24)37(35,36)32-22-12-10-20(11-13-22)18-29-27(30-19-28)31-21-14-16-34(3)17-15-21/h4-17,32H,18H2,1-3H3,(H,29,30). The highest BCUT2D eigenvalue weighted by Gasteiger charge is 2.18. The van der Waals surface area contributed by atoms with Gasteiger partial charge >= 0.3 is 0 Å². The average molecular weight is 514 g/mol. The number of aryl methyl sites for hydroxylation is 1. The van der Waals surface area contributed by atoms with E-state index in [1.54, 1.807) is 36.4 Å². The van der Waals surface area contributed by atoms with E-state index in [4.69, 9.17) is 5.26 Å². The number of aromatic nitrogens is 1. The highest BCUT2D eigenvalue weighted by molar-refractivity contribution is 7.93. The van der Waals surface area contributed by atoms with Crippen molar-refractivity contribution in [3.63, 3.8) is 0 Å². The lowest BCUT2D eigenvalue weighted by Gasteiger charge is -2.17. The summed E-state index contributed by atoms with van der Waals surface area (Å²) in [6.45, 7) is 0.262. The number of aliphatic imine (C=N–C) groups is 1. The number of hydrogen-bond acceptors (Lipinski definition) is 5. The summed E-state index contributed by atoms with van der Waals surface area (Å²) in [5, 5.41) is 13.7. The van der Waals surface area contributed by atoms with Gasteiger partial charge in [-0.25, -0.2) is 18.4 Å². The van der Waals surface area contributed by atoms with Crippen molar-refractivity contribution in [2.24, 2.45) is 17.0 Å². The first kappa shape index (κ1) is 25.5. The Balaban J connectivity index is 1.54. The van der Waals surface area contributed by atoms with Crippen LogP contribution in [0.1, 0.15) is 5.56 Å². The molecule has 0 spiro atoms. The molecule has 0 saturated heterocycles. The van der Waals surface area contributed by atoms with Crippen LogP contribution in [0.15, 0.2) is 100 Å². The number of guanidine groups is 1. The Morgan fingerprint density at radius 2 is 1.65 bits per heavy atom. The van der Waals surface area contributed by atoms with Crippen LogP contribution in [0.3, 0.4) is 0 Å². The Morgan fingerprint density at radius 1 is 0.973 bits per heavy atom. The van der Waals surface area contributed by atoms with Crippen LogP contribution in [0.2, 0.25) is 0 Å². The van der Waals surface area contributed by atoms with E-state index < -0.39 is 10.0 Å². The summed E-state index contributed by atoms with van der Waals surface area (Å²) in [6.07, 6.45) is 5.55. The third-order valence-electron chi connectivity index (χ3n) is 5.61. The van der Waals surface area contributed by atoms with Crippen molar-refractivity contribution < 1.29 is 8.42 Å². The van der Waals surface area contributed by atoms with Crippen LogP contribution in [0.4, 0.5) is 11.4 Å². The molecule has 3 aromatic carbocycles. The summed E-state index contributed by atoms with van der Waals surface area (Å²) in [4.78, 5) is 10.9. The molecule has 4 aromatic rings. The molecule has 0 aliphatic rings. The minimum absolute atomic E-state index is 0.189. The largest absolute Gasteiger partial charge is 0.377 e. The van der Waals surface area contributed by atoms with Crippen molar-refractivity contribution in [1.29, 1.82) is 5.26 Å². The van der Waals surface area contributed by atoms with Gasteiger partial charge in [0.1, 0.15) is 0 Å². The number of anilines is 2. The van der Waals surface area contributed by atoms with Gasteiger partial charge in [-0.2, -0.15) is 5.26 Å². The van der Waals surface area contributed by atoms with Gasteiger partial charge in [0, 0.05) is 55.7 Å². The van der Waals surface area contributed by atoms with Crippen molar-refractivity contribution in [3.05, 3.63) is 96.1 Å². The fourth-order valence-corrected chi connectivity index (χ4v) is 5.07. The maximum atomic E-state index is 13.3. The van der Waals surface area contributed by atoms with Crippen LogP contribution >= 0.6 is 0 Å². The Bertz CT molecular complexity index is 1650. The lowest BCUT2D eigenvalue weighted by atomic mass is 10.1. The summed E-state index contributed by atoms with van der Waals surface area (Å²) in [5.74, 6) is 0.189. The summed E-state index contributed by atoms with van der Waals surface area (Å²) in [5.41, 5.74) is 2.21. The Hall–Kier alpha value is -4.62. The second-order valence-electron chi connectivity index (χ2n) is 8.54. The van der Waals surface area contributed by atoms with Gasteiger partial charge in [0.25, 0.3) is 10.0 Å². The maximum absolute atomic E-state index is 13.3. The zero-order chi connectivity index (χ0) is 26.4. The van der Waals surface area contributed by atoms with E-state index in [0.717, 1.165) is 16.6 Å². The Morgan fingerprint density at radius 3 is 2.32 bits per heavy atom. The van der Waals surface area contributed by atoms with Crippen molar-refractivity contribution in [1.82, 2.24) is 9.88 Å². The first-order chi connectivity index (χ1) is 17.8. The minimum Gasteiger partial charge on any atom is -0.377 e. The summed E-state index contributed by atoms with van der Waals surface area (Å²) >= 11 is 0. The van der Waals surface area contributed by atoms with Crippen LogP contribution in [0, 0.1) is 11.5 Å². The molecule has 0 aliphatic heterocycles. The van der Waals surface area contributed by atoms with Crippen LogP contribution < -0.4 is 20.3 Å². The molecule has 9 nitrogen and oxygen atoms in total. The molecule has 0 fully saturated rings. The molecule has 10 heteroatoms. The van der Waals surface area contributed by atoms with Gasteiger partial charge in [0.05, 0.1) is 16.8 Å². The molecular formula is C27H27N7O2S. The normalized spacial score (nSPS) is 11.6. The highest BCUT2D eigenvalue weighted by atomic mass is 32.2. The van der Waals surface area contributed by atoms with Gasteiger partial charge in [-0.1, -0.05) is 36.4 Å². The third kappa shape index (κ3) is 6.15. The number of fused-ring (bicyclic) bond motifs is 1. The third-order valence-corrected chi connectivity index (χ3v) is 7.05. The fourth-order valence-electron chi connectivity index (χ4n) is 3.79. The van der Waals surface area contributed by atoms with Crippen LogP contribution in [0.25, 0.3) is 10.8 Å². The van der Waals surface area contributed by atoms with Crippen LogP contribution in [-0.2, 0) is 23.6 Å². The first-order valence-corrected chi connectivity index (χ1v) is 12.9. The SMILES string of the molecule is CN(C)c1cccc2c(S(=O)(=O)Nc3ccc(CN=C(N=c4ccn(C)cc4)NC#N)cc3)cccc12. The molecular weight excluding hydrogens is 486 g/mol. The van der Waals surface area contributed by atoms with Gasteiger partial charge in [0.15, 0.2) is 6.19 Å². The highest BCUT2D eigenvalue weighted by Crippen LogP contribution is 2.31. The molecule has 1 aromatic heterocycles. The number of pyridine rings is 1. The maximum Gasteiger partial charge on any atom is 0.262 e. The molecule has 37 heavy (non-hydrogen) atoms. The fraction of sp³-hybridized carbons (Fsp3) is 0.148. The van der Waals surface area contributed by atoms with Crippen molar-refractivity contribution in [2.75, 3.05) is 23.7 Å². The Kier molecular flexibility index (Phi) is 7.55. The molecule has 0 saturated carbocycles. The number of nitriles is 1. The smallest absolute Gasteiger partial charge is 0.262 e. The van der Waals surface area contributed by atoms with E-state index in [1.165, 1.54) is 0 Å². The molecule has 1 heterocycles. The Labute approximate surface area is 216 Å². The number of nitrogens with zero attached hydrogens (tertiary/aromatic N) is 5. The number of sulfonamides is 1. The van der Waals surface area contributed by atoms with Crippen molar-refractivity contribution in [3.8, 4) is 6.19 Å². The van der Waals surface area contributed by atoms with E-state index in [9.17, 15) is 8.42 Å². The van der Waals surface area contributed by atoms with Crippen LogP contribution in [0.5, 0.6) is 0 Å². The molecule has 0 bridgehead atoms. The first-order valence-electron chi connectivity index (χ1n) is 11.4. The molecule has 2 N–H and O–H groups in total. The van der Waals surface area contributed by atoms with E-state index in [1.807, 2.05) is 85.6 Å². The van der Waals surface area contributed by atoms with Gasteiger partial charge in [-0.3, -0.25) is 10.0 Å². The number of benzene rings is 3. The summed E-state index contributed by atoms with van der Waals surface area (Å²) in [6, 6.07) is 21.4. The van der Waals surface area contributed by atoms with Gasteiger partial charge in [0.2, 0.25) is 5.96 Å². The quantitative estimate of drug-likeness (QED) is 0.177. The summed E-state index contributed by atoms with van der Waals surface area (Å²) in [7, 11) is 1.93. The lowest BCUT2D eigenvalue weighted by Crippen LogP contribution is -2.19. The number of rotatable bonds is 6. The molecule has 4 rings (SSSR count). The van der Waals surface area contributed by atoms with E-state index in [2.05, 4.69) is 20.0 Å². The zero-order valence-electron chi connectivity index (χ0n) is 20.8. The average Bonchev–Trinajstić information content (AvgIpc) is 2.88. The van der Waals surface area contributed by atoms with E-state index in [-0.39, 0.29) is 17.4 Å². The molecule has 188 valence electrons. The zero-order valence-corrected chi connectivity index (χ0v) is 21.6. The predicted octanol–water partition coefficient (Wildman–Crippen LogP) is 3.57. The topological polar surface area (TPSA) is 115 Å². The van der Waals surface area contributed by atoms with Crippen molar-refractivity contribution >= 4 is 38.1 Å². The van der Waals surface area contributed by atoms with Gasteiger partial charge in [-0.15, -0.1) is 0 Å². The van der Waals surface area contributed by atoms with Crippen LogP contribution in [-0.4, -0.2) is 33.0 Å². The second kappa shape index (κ2) is 11.0. The number of nitrogens with one attached hydrogen (secondary N) is 2. The monoisotopic (exact) mass is 513 g/mol. The molecule has 0 unspecified atom stereocenters.